The molecule has 6 heteroatoms. The van der Waals surface area contributed by atoms with Gasteiger partial charge in [0.25, 0.3) is 0 Å². The highest BCUT2D eigenvalue weighted by atomic mass is 127. The first-order chi connectivity index (χ1) is 7.00. The van der Waals surface area contributed by atoms with Crippen molar-refractivity contribution >= 4 is 39.6 Å². The summed E-state index contributed by atoms with van der Waals surface area (Å²) in [6, 6.07) is 3.13. The van der Waals surface area contributed by atoms with Gasteiger partial charge in [0.05, 0.1) is 14.6 Å². The van der Waals surface area contributed by atoms with Crippen LogP contribution in [0.1, 0.15) is 0 Å². The zero-order valence-corrected chi connectivity index (χ0v) is 10.5. The van der Waals surface area contributed by atoms with E-state index in [4.69, 9.17) is 5.73 Å². The molecule has 0 aliphatic carbocycles. The van der Waals surface area contributed by atoms with Crippen LogP contribution in [0.2, 0.25) is 0 Å². The molecule has 0 saturated heterocycles. The van der Waals surface area contributed by atoms with Gasteiger partial charge in [0.1, 0.15) is 5.82 Å². The van der Waals surface area contributed by atoms with Crippen molar-refractivity contribution in [3.8, 4) is 0 Å². The van der Waals surface area contributed by atoms with Gasteiger partial charge < -0.3 is 10.7 Å². The van der Waals surface area contributed by atoms with E-state index in [1.165, 1.54) is 6.07 Å². The summed E-state index contributed by atoms with van der Waals surface area (Å²) in [6.45, 7) is 0. The molecule has 2 aromatic rings. The van der Waals surface area contributed by atoms with Crippen molar-refractivity contribution < 1.29 is 4.39 Å². The van der Waals surface area contributed by atoms with Crippen LogP contribution in [0.15, 0.2) is 12.1 Å². The van der Waals surface area contributed by atoms with E-state index in [2.05, 4.69) is 4.98 Å². The van der Waals surface area contributed by atoms with Crippen LogP contribution < -0.4 is 10.7 Å². The Bertz CT molecular complexity index is 520. The molecule has 0 aliphatic rings. The lowest BCUT2D eigenvalue weighted by atomic mass is 10.3. The van der Waals surface area contributed by atoms with Gasteiger partial charge in [-0.1, -0.05) is 0 Å². The molecule has 15 heavy (non-hydrogen) atoms. The minimum absolute atomic E-state index is 0.258. The molecule has 0 spiro atoms. The Kier molecular flexibility index (Phi) is 2.45. The summed E-state index contributed by atoms with van der Waals surface area (Å²) in [6.07, 6.45) is 0. The van der Waals surface area contributed by atoms with Gasteiger partial charge in [-0.3, -0.25) is 0 Å². The number of imidazole rings is 1. The van der Waals surface area contributed by atoms with E-state index in [1.807, 2.05) is 36.7 Å². The van der Waals surface area contributed by atoms with Crippen molar-refractivity contribution in [2.45, 2.75) is 0 Å². The fraction of sp³-hybridized carbons (Fsp3) is 0.222. The maximum atomic E-state index is 13.4. The van der Waals surface area contributed by atoms with Crippen LogP contribution in [0, 0.1) is 9.39 Å². The monoisotopic (exact) mass is 320 g/mol. The van der Waals surface area contributed by atoms with E-state index in [0.717, 1.165) is 0 Å². The molecule has 0 amide bonds. The van der Waals surface area contributed by atoms with Crippen LogP contribution >= 0.6 is 22.6 Å². The Labute approximate surface area is 100.0 Å². The number of fused-ring (bicyclic) bond motifs is 1. The predicted octanol–water partition coefficient (Wildman–Crippen LogP) is 1.56. The summed E-state index contributed by atoms with van der Waals surface area (Å²) < 4.78 is 15.6. The fourth-order valence-electron chi connectivity index (χ4n) is 1.50. The number of nitrogens with two attached hydrogens (primary N) is 1. The van der Waals surface area contributed by atoms with E-state index in [0.29, 0.717) is 20.6 Å². The Morgan fingerprint density at radius 1 is 1.47 bits per heavy atom. The first-order valence-corrected chi connectivity index (χ1v) is 5.39. The normalized spacial score (nSPS) is 10.9. The van der Waals surface area contributed by atoms with Gasteiger partial charge in [0.2, 0.25) is 5.95 Å². The van der Waals surface area contributed by atoms with Crippen LogP contribution in [0.3, 0.4) is 0 Å². The van der Waals surface area contributed by atoms with Crippen molar-refractivity contribution in [3.63, 3.8) is 0 Å². The maximum absolute atomic E-state index is 13.4. The lowest BCUT2D eigenvalue weighted by Gasteiger charge is -2.16. The van der Waals surface area contributed by atoms with E-state index in [-0.39, 0.29) is 5.82 Å². The third-order valence-electron chi connectivity index (χ3n) is 2.10. The molecule has 2 N–H and O–H groups in total. The molecule has 0 saturated carbocycles. The number of benzene rings is 1. The van der Waals surface area contributed by atoms with Crippen molar-refractivity contribution in [2.24, 2.45) is 0 Å². The van der Waals surface area contributed by atoms with Gasteiger partial charge in [-0.2, -0.15) is 0 Å². The van der Waals surface area contributed by atoms with Crippen LogP contribution in [0.5, 0.6) is 0 Å². The van der Waals surface area contributed by atoms with Gasteiger partial charge in [-0.15, -0.1) is 0 Å². The van der Waals surface area contributed by atoms with Crippen molar-refractivity contribution in [3.05, 3.63) is 21.5 Å². The molecule has 1 aromatic heterocycles. The molecule has 0 atom stereocenters. The molecule has 80 valence electrons. The minimum atomic E-state index is -0.258. The Morgan fingerprint density at radius 3 is 2.73 bits per heavy atom. The molecule has 0 aliphatic heterocycles. The number of nitrogens with zero attached hydrogens (tertiary/aromatic N) is 3. The van der Waals surface area contributed by atoms with E-state index >= 15 is 0 Å². The zero-order valence-electron chi connectivity index (χ0n) is 8.33. The van der Waals surface area contributed by atoms with Crippen LogP contribution in [-0.2, 0) is 0 Å². The summed E-state index contributed by atoms with van der Waals surface area (Å²) in [7, 11) is 3.65. The quantitative estimate of drug-likeness (QED) is 0.811. The molecule has 2 rings (SSSR count). The van der Waals surface area contributed by atoms with Crippen molar-refractivity contribution in [1.29, 1.82) is 0 Å². The van der Waals surface area contributed by atoms with E-state index in [9.17, 15) is 4.39 Å². The summed E-state index contributed by atoms with van der Waals surface area (Å²) >= 11 is 1.93. The second-order valence-electron chi connectivity index (χ2n) is 3.38. The van der Waals surface area contributed by atoms with Gasteiger partial charge in [-0.25, -0.2) is 14.1 Å². The highest BCUT2D eigenvalue weighted by molar-refractivity contribution is 14.1. The van der Waals surface area contributed by atoms with E-state index < -0.39 is 0 Å². The molecule has 4 nitrogen and oxygen atoms in total. The molecule has 1 heterocycles. The Balaban J connectivity index is 2.81. The molecule has 0 fully saturated rings. The van der Waals surface area contributed by atoms with Gasteiger partial charge in [-0.05, 0) is 28.7 Å². The van der Waals surface area contributed by atoms with Gasteiger partial charge in [0.15, 0.2) is 0 Å². The summed E-state index contributed by atoms with van der Waals surface area (Å²) in [5.41, 5.74) is 7.12. The van der Waals surface area contributed by atoms with Gasteiger partial charge in [0, 0.05) is 20.2 Å². The Hall–Kier alpha value is -1.05. The average Bonchev–Trinajstić information content (AvgIpc) is 2.41. The highest BCUT2D eigenvalue weighted by Gasteiger charge is 2.12. The number of anilines is 1. The smallest absolute Gasteiger partial charge is 0.220 e. The summed E-state index contributed by atoms with van der Waals surface area (Å²) in [5, 5.41) is 1.76. The second-order valence-corrected chi connectivity index (χ2v) is 4.55. The number of nitrogen functional groups attached to an aromatic ring is 1. The molecule has 0 unspecified atom stereocenters. The standard InChI is InChI=1S/C9H10FIN4/c1-14(2)15-8-3-5(10)6(11)4-7(8)13-9(15)12/h3-4H,1-2H3,(H2,12,13). The average molecular weight is 320 g/mol. The van der Waals surface area contributed by atoms with Gasteiger partial charge >= 0.3 is 0 Å². The summed E-state index contributed by atoms with van der Waals surface area (Å²) in [5.74, 6) is 0.0995. The summed E-state index contributed by atoms with van der Waals surface area (Å²) in [4.78, 5) is 4.16. The SMILES string of the molecule is CN(C)n1c(N)nc2cc(I)c(F)cc21. The third-order valence-corrected chi connectivity index (χ3v) is 2.92. The van der Waals surface area contributed by atoms with Crippen LogP contribution in [-0.4, -0.2) is 23.8 Å². The van der Waals surface area contributed by atoms with Crippen molar-refractivity contribution in [1.82, 2.24) is 9.66 Å². The Morgan fingerprint density at radius 2 is 2.13 bits per heavy atom. The number of hydrogen-bond acceptors (Lipinski definition) is 3. The first kappa shape index (κ1) is 10.5. The van der Waals surface area contributed by atoms with E-state index in [1.54, 1.807) is 15.8 Å². The molecule has 0 bridgehead atoms. The number of hydrogen-bond donors (Lipinski definition) is 1. The fourth-order valence-corrected chi connectivity index (χ4v) is 1.95. The lowest BCUT2D eigenvalue weighted by Crippen LogP contribution is -2.26. The second kappa shape index (κ2) is 3.51. The predicted molar refractivity (Wildman–Crippen MR) is 66.9 cm³/mol. The van der Waals surface area contributed by atoms with Crippen molar-refractivity contribution in [2.75, 3.05) is 24.8 Å². The van der Waals surface area contributed by atoms with Crippen LogP contribution in [0.4, 0.5) is 10.3 Å². The molecular formula is C9H10FIN4. The lowest BCUT2D eigenvalue weighted by molar-refractivity contribution is 0.621. The molecule has 0 radical (unpaired) electrons. The first-order valence-electron chi connectivity index (χ1n) is 4.31. The van der Waals surface area contributed by atoms with Crippen LogP contribution in [0.25, 0.3) is 11.0 Å². The molecule has 1 aromatic carbocycles. The third kappa shape index (κ3) is 1.62. The number of halogens is 2. The minimum Gasteiger partial charge on any atom is -0.368 e. The molecular weight excluding hydrogens is 310 g/mol. The topological polar surface area (TPSA) is 47.1 Å². The zero-order chi connectivity index (χ0) is 11.2. The maximum Gasteiger partial charge on any atom is 0.220 e. The number of aromatic nitrogens is 2. The highest BCUT2D eigenvalue weighted by Crippen LogP contribution is 2.22. The largest absolute Gasteiger partial charge is 0.368 e. The number of rotatable bonds is 1.